The Balaban J connectivity index is 2.59. The Hall–Kier alpha value is -1.88. The first-order valence-corrected chi connectivity index (χ1v) is 5.47. The molecule has 1 rings (SSSR count). The molecule has 0 fully saturated rings. The maximum absolute atomic E-state index is 11.5. The molecule has 5 heteroatoms. The van der Waals surface area contributed by atoms with E-state index in [0.29, 0.717) is 0 Å². The molecule has 98 valence electrons. The van der Waals surface area contributed by atoms with Crippen LogP contribution in [0.4, 0.5) is 0 Å². The number of ether oxygens (including phenoxy) is 1. The summed E-state index contributed by atoms with van der Waals surface area (Å²) in [6.07, 6.45) is -1.70. The predicted octanol–water partition coefficient (Wildman–Crippen LogP) is 1.20. The van der Waals surface area contributed by atoms with E-state index >= 15 is 0 Å². The Kier molecular flexibility index (Phi) is 4.44. The molecule has 18 heavy (non-hydrogen) atoms. The summed E-state index contributed by atoms with van der Waals surface area (Å²) in [6.45, 7) is 2.54. The SMILES string of the molecule is CC(C)(C(=O)O)[C@H](O)C(=O)OCc1ccccc1. The maximum Gasteiger partial charge on any atom is 0.336 e. The average molecular weight is 252 g/mol. The molecule has 1 atom stereocenters. The van der Waals surface area contributed by atoms with Crippen LogP contribution in [-0.4, -0.2) is 28.3 Å². The number of carboxylic acid groups (broad SMARTS) is 1. The molecule has 2 N–H and O–H groups in total. The molecule has 0 unspecified atom stereocenters. The lowest BCUT2D eigenvalue weighted by atomic mass is 9.87. The second-order valence-corrected chi connectivity index (χ2v) is 4.52. The van der Waals surface area contributed by atoms with E-state index in [0.717, 1.165) is 5.56 Å². The van der Waals surface area contributed by atoms with E-state index in [1.54, 1.807) is 24.3 Å². The fourth-order valence-corrected chi connectivity index (χ4v) is 1.22. The van der Waals surface area contributed by atoms with Gasteiger partial charge < -0.3 is 14.9 Å². The summed E-state index contributed by atoms with van der Waals surface area (Å²) >= 11 is 0. The number of hydrogen-bond acceptors (Lipinski definition) is 4. The Morgan fingerprint density at radius 3 is 2.33 bits per heavy atom. The molecule has 0 aliphatic rings. The average Bonchev–Trinajstić information content (AvgIpc) is 2.36. The summed E-state index contributed by atoms with van der Waals surface area (Å²) in [6, 6.07) is 8.94. The van der Waals surface area contributed by atoms with Gasteiger partial charge in [0.1, 0.15) is 6.61 Å². The molecule has 0 amide bonds. The molecule has 0 aliphatic carbocycles. The maximum atomic E-state index is 11.5. The second-order valence-electron chi connectivity index (χ2n) is 4.52. The van der Waals surface area contributed by atoms with E-state index < -0.39 is 23.5 Å². The van der Waals surface area contributed by atoms with Crippen molar-refractivity contribution < 1.29 is 24.5 Å². The van der Waals surface area contributed by atoms with Crippen molar-refractivity contribution in [3.05, 3.63) is 35.9 Å². The van der Waals surface area contributed by atoms with Crippen molar-refractivity contribution in [2.75, 3.05) is 0 Å². The highest BCUT2D eigenvalue weighted by molar-refractivity contribution is 5.85. The number of aliphatic carboxylic acids is 1. The van der Waals surface area contributed by atoms with Crippen molar-refractivity contribution in [1.82, 2.24) is 0 Å². The van der Waals surface area contributed by atoms with Gasteiger partial charge in [0.15, 0.2) is 6.10 Å². The van der Waals surface area contributed by atoms with Gasteiger partial charge in [-0.1, -0.05) is 30.3 Å². The van der Waals surface area contributed by atoms with Crippen LogP contribution >= 0.6 is 0 Å². The lowest BCUT2D eigenvalue weighted by Crippen LogP contribution is -2.43. The standard InChI is InChI=1S/C13H16O5/c1-13(2,12(16)17)10(14)11(15)18-8-9-6-4-3-5-7-9/h3-7,10,14H,8H2,1-2H3,(H,16,17)/t10-/m1/s1. The Morgan fingerprint density at radius 2 is 1.83 bits per heavy atom. The number of rotatable bonds is 5. The molecule has 0 saturated carbocycles. The summed E-state index contributed by atoms with van der Waals surface area (Å²) < 4.78 is 4.87. The van der Waals surface area contributed by atoms with Gasteiger partial charge >= 0.3 is 11.9 Å². The van der Waals surface area contributed by atoms with E-state index in [1.807, 2.05) is 6.07 Å². The Labute approximate surface area is 105 Å². The monoisotopic (exact) mass is 252 g/mol. The number of hydrogen-bond donors (Lipinski definition) is 2. The molecule has 0 saturated heterocycles. The fourth-order valence-electron chi connectivity index (χ4n) is 1.22. The van der Waals surface area contributed by atoms with Gasteiger partial charge in [-0.2, -0.15) is 0 Å². The van der Waals surface area contributed by atoms with Crippen LogP contribution in [0.5, 0.6) is 0 Å². The predicted molar refractivity (Wildman–Crippen MR) is 63.7 cm³/mol. The van der Waals surface area contributed by atoms with E-state index in [-0.39, 0.29) is 6.61 Å². The van der Waals surface area contributed by atoms with E-state index in [4.69, 9.17) is 9.84 Å². The number of carboxylic acids is 1. The van der Waals surface area contributed by atoms with Gasteiger partial charge in [-0.25, -0.2) is 4.79 Å². The minimum absolute atomic E-state index is 0.00638. The van der Waals surface area contributed by atoms with Crippen LogP contribution in [0.1, 0.15) is 19.4 Å². The van der Waals surface area contributed by atoms with Gasteiger partial charge in [0, 0.05) is 0 Å². The van der Waals surface area contributed by atoms with Crippen molar-refractivity contribution in [1.29, 1.82) is 0 Å². The van der Waals surface area contributed by atoms with Crippen molar-refractivity contribution >= 4 is 11.9 Å². The smallest absolute Gasteiger partial charge is 0.336 e. The third-order valence-corrected chi connectivity index (χ3v) is 2.68. The van der Waals surface area contributed by atoms with Gasteiger partial charge in [-0.3, -0.25) is 4.79 Å². The quantitative estimate of drug-likeness (QED) is 0.769. The normalized spacial score (nSPS) is 12.8. The van der Waals surface area contributed by atoms with E-state index in [1.165, 1.54) is 13.8 Å². The van der Waals surface area contributed by atoms with Crippen LogP contribution in [0.15, 0.2) is 30.3 Å². The first-order chi connectivity index (χ1) is 8.35. The molecule has 5 nitrogen and oxygen atoms in total. The van der Waals surface area contributed by atoms with Crippen molar-refractivity contribution in [3.8, 4) is 0 Å². The van der Waals surface area contributed by atoms with E-state index in [2.05, 4.69) is 0 Å². The van der Waals surface area contributed by atoms with Crippen LogP contribution in [0.25, 0.3) is 0 Å². The zero-order valence-electron chi connectivity index (χ0n) is 10.3. The Morgan fingerprint density at radius 1 is 1.28 bits per heavy atom. The zero-order valence-corrected chi connectivity index (χ0v) is 10.3. The van der Waals surface area contributed by atoms with E-state index in [9.17, 15) is 14.7 Å². The molecule has 0 aliphatic heterocycles. The number of aliphatic hydroxyl groups excluding tert-OH is 1. The second kappa shape index (κ2) is 5.64. The summed E-state index contributed by atoms with van der Waals surface area (Å²) in [5.41, 5.74) is -0.806. The molecule has 0 spiro atoms. The van der Waals surface area contributed by atoms with Gasteiger partial charge in [-0.15, -0.1) is 0 Å². The first-order valence-electron chi connectivity index (χ1n) is 5.47. The lowest BCUT2D eigenvalue weighted by molar-refractivity contribution is -0.171. The third kappa shape index (κ3) is 3.30. The molecule has 1 aromatic rings. The largest absolute Gasteiger partial charge is 0.481 e. The van der Waals surface area contributed by atoms with Crippen molar-refractivity contribution in [2.24, 2.45) is 5.41 Å². The Bertz CT molecular complexity index is 424. The highest BCUT2D eigenvalue weighted by Crippen LogP contribution is 2.22. The summed E-state index contributed by atoms with van der Waals surface area (Å²) in [7, 11) is 0. The topological polar surface area (TPSA) is 83.8 Å². The van der Waals surface area contributed by atoms with Gasteiger partial charge in [0.05, 0.1) is 5.41 Å². The summed E-state index contributed by atoms with van der Waals surface area (Å²) in [5.74, 6) is -2.20. The molecule has 0 aromatic heterocycles. The van der Waals surface area contributed by atoms with Gasteiger partial charge in [0.25, 0.3) is 0 Å². The number of aliphatic hydroxyl groups is 1. The van der Waals surface area contributed by atoms with Crippen LogP contribution < -0.4 is 0 Å². The third-order valence-electron chi connectivity index (χ3n) is 2.68. The van der Waals surface area contributed by atoms with Crippen LogP contribution in [0, 0.1) is 5.41 Å². The summed E-state index contributed by atoms with van der Waals surface area (Å²) in [5, 5.41) is 18.5. The number of carbonyl (C=O) groups excluding carboxylic acids is 1. The molecule has 0 heterocycles. The van der Waals surface area contributed by atoms with Crippen LogP contribution in [-0.2, 0) is 20.9 Å². The molecular weight excluding hydrogens is 236 g/mol. The zero-order chi connectivity index (χ0) is 13.8. The number of esters is 1. The number of benzene rings is 1. The van der Waals surface area contributed by atoms with Crippen LogP contribution in [0.3, 0.4) is 0 Å². The molecule has 1 aromatic carbocycles. The minimum Gasteiger partial charge on any atom is -0.481 e. The minimum atomic E-state index is -1.70. The molecular formula is C13H16O5. The molecule has 0 radical (unpaired) electrons. The summed E-state index contributed by atoms with van der Waals surface area (Å²) in [4.78, 5) is 22.4. The highest BCUT2D eigenvalue weighted by atomic mass is 16.5. The van der Waals surface area contributed by atoms with Crippen molar-refractivity contribution in [3.63, 3.8) is 0 Å². The first kappa shape index (κ1) is 14.2. The van der Waals surface area contributed by atoms with Gasteiger partial charge in [-0.05, 0) is 19.4 Å². The number of carbonyl (C=O) groups is 2. The van der Waals surface area contributed by atoms with Gasteiger partial charge in [0.2, 0.25) is 0 Å². The highest BCUT2D eigenvalue weighted by Gasteiger charge is 2.41. The lowest BCUT2D eigenvalue weighted by Gasteiger charge is -2.24. The fraction of sp³-hybridized carbons (Fsp3) is 0.385. The molecule has 0 bridgehead atoms. The van der Waals surface area contributed by atoms with Crippen LogP contribution in [0.2, 0.25) is 0 Å². The van der Waals surface area contributed by atoms with Crippen molar-refractivity contribution in [2.45, 2.75) is 26.6 Å².